The molecule has 0 spiro atoms. The molecule has 0 aliphatic carbocycles. The zero-order valence-corrected chi connectivity index (χ0v) is 15.8. The first kappa shape index (κ1) is 18.4. The molecule has 0 radical (unpaired) electrons. The summed E-state index contributed by atoms with van der Waals surface area (Å²) in [5, 5.41) is 2.75. The van der Waals surface area contributed by atoms with Crippen LogP contribution in [0.1, 0.15) is 51.8 Å². The van der Waals surface area contributed by atoms with Crippen molar-refractivity contribution < 1.29 is 9.59 Å². The van der Waals surface area contributed by atoms with Gasteiger partial charge in [0.1, 0.15) is 5.82 Å². The Labute approximate surface area is 154 Å². The van der Waals surface area contributed by atoms with Crippen LogP contribution in [0, 0.1) is 5.41 Å². The molecule has 0 saturated carbocycles. The smallest absolute Gasteiger partial charge is 0.241 e. The summed E-state index contributed by atoms with van der Waals surface area (Å²) in [7, 11) is 0. The Morgan fingerprint density at radius 1 is 1.23 bits per heavy atom. The van der Waals surface area contributed by atoms with Crippen LogP contribution in [0.25, 0.3) is 11.0 Å². The highest BCUT2D eigenvalue weighted by Gasteiger charge is 2.26. The molecule has 2 N–H and O–H groups in total. The molecule has 1 aliphatic rings. The van der Waals surface area contributed by atoms with Crippen molar-refractivity contribution in [2.45, 2.75) is 46.0 Å². The Bertz CT molecular complexity index is 749. The molecular formula is C20H28N4O2. The van der Waals surface area contributed by atoms with E-state index in [1.807, 2.05) is 49.9 Å². The average molecular weight is 356 g/mol. The van der Waals surface area contributed by atoms with Crippen LogP contribution in [0.2, 0.25) is 0 Å². The van der Waals surface area contributed by atoms with Crippen LogP contribution in [-0.2, 0) is 9.59 Å². The van der Waals surface area contributed by atoms with E-state index in [9.17, 15) is 9.59 Å². The Morgan fingerprint density at radius 3 is 2.58 bits per heavy atom. The number of H-pyrrole nitrogens is 1. The Hall–Kier alpha value is -2.37. The highest BCUT2D eigenvalue weighted by Crippen LogP contribution is 2.27. The average Bonchev–Trinajstić information content (AvgIpc) is 3.02. The minimum atomic E-state index is -0.0714. The number of fused-ring (bicyclic) bond motifs is 1. The summed E-state index contributed by atoms with van der Waals surface area (Å²) < 4.78 is 0. The second-order valence-electron chi connectivity index (χ2n) is 8.31. The second-order valence-corrected chi connectivity index (χ2v) is 8.31. The fourth-order valence-corrected chi connectivity index (χ4v) is 3.40. The van der Waals surface area contributed by atoms with Gasteiger partial charge in [0.25, 0.3) is 0 Å². The van der Waals surface area contributed by atoms with Gasteiger partial charge in [-0.15, -0.1) is 0 Å². The number of aromatic amines is 1. The number of nitrogens with one attached hydrogen (secondary N) is 2. The van der Waals surface area contributed by atoms with E-state index < -0.39 is 0 Å². The summed E-state index contributed by atoms with van der Waals surface area (Å²) in [6.07, 6.45) is 2.21. The topological polar surface area (TPSA) is 78.1 Å². The van der Waals surface area contributed by atoms with Crippen molar-refractivity contribution >= 4 is 22.8 Å². The lowest BCUT2D eigenvalue weighted by Gasteiger charge is -2.31. The number of hydrogen-bond acceptors (Lipinski definition) is 3. The van der Waals surface area contributed by atoms with Gasteiger partial charge < -0.3 is 15.2 Å². The van der Waals surface area contributed by atoms with Crippen LogP contribution in [-0.4, -0.2) is 46.3 Å². The zero-order chi connectivity index (χ0) is 18.7. The number of carbonyl (C=O) groups is 2. The first-order valence-corrected chi connectivity index (χ1v) is 9.31. The van der Waals surface area contributed by atoms with Crippen LogP contribution in [0.3, 0.4) is 0 Å². The lowest BCUT2D eigenvalue weighted by Crippen LogP contribution is -2.44. The number of imidazole rings is 1. The standard InChI is InChI=1S/C20H28N4O2/c1-20(2,3)12-17(25)21-13-18(26)24-10-8-14(9-11-24)19-22-15-6-4-5-7-16(15)23-19/h4-7,14H,8-13H2,1-3H3,(H,21,25)(H,22,23). The largest absolute Gasteiger partial charge is 0.347 e. The van der Waals surface area contributed by atoms with Crippen molar-refractivity contribution in [3.8, 4) is 0 Å². The molecule has 1 saturated heterocycles. The van der Waals surface area contributed by atoms with E-state index in [1.54, 1.807) is 0 Å². The number of likely N-dealkylation sites (tertiary alicyclic amines) is 1. The molecule has 0 atom stereocenters. The van der Waals surface area contributed by atoms with Gasteiger partial charge in [-0.05, 0) is 30.4 Å². The molecule has 6 nitrogen and oxygen atoms in total. The number of hydrogen-bond donors (Lipinski definition) is 2. The van der Waals surface area contributed by atoms with Crippen molar-refractivity contribution in [1.29, 1.82) is 0 Å². The quantitative estimate of drug-likeness (QED) is 0.884. The van der Waals surface area contributed by atoms with E-state index >= 15 is 0 Å². The minimum absolute atomic E-state index is 0.00434. The molecule has 1 aromatic heterocycles. The highest BCUT2D eigenvalue weighted by atomic mass is 16.2. The van der Waals surface area contributed by atoms with Gasteiger partial charge >= 0.3 is 0 Å². The monoisotopic (exact) mass is 356 g/mol. The summed E-state index contributed by atoms with van der Waals surface area (Å²) in [5.41, 5.74) is 1.98. The molecular weight excluding hydrogens is 328 g/mol. The molecule has 6 heteroatoms. The first-order chi connectivity index (χ1) is 12.3. The molecule has 0 unspecified atom stereocenters. The number of carbonyl (C=O) groups excluding carboxylic acids is 2. The minimum Gasteiger partial charge on any atom is -0.347 e. The van der Waals surface area contributed by atoms with Crippen molar-refractivity contribution in [3.05, 3.63) is 30.1 Å². The van der Waals surface area contributed by atoms with Crippen molar-refractivity contribution in [2.24, 2.45) is 5.41 Å². The summed E-state index contributed by atoms with van der Waals surface area (Å²) in [6.45, 7) is 7.53. The van der Waals surface area contributed by atoms with Gasteiger partial charge in [-0.3, -0.25) is 9.59 Å². The summed E-state index contributed by atoms with van der Waals surface area (Å²) in [6, 6.07) is 8.03. The molecule has 1 fully saturated rings. The number of rotatable bonds is 4. The predicted octanol–water partition coefficient (Wildman–Crippen LogP) is 2.82. The Morgan fingerprint density at radius 2 is 1.92 bits per heavy atom. The van der Waals surface area contributed by atoms with Gasteiger partial charge in [0.05, 0.1) is 17.6 Å². The zero-order valence-electron chi connectivity index (χ0n) is 15.8. The maximum Gasteiger partial charge on any atom is 0.241 e. The van der Waals surface area contributed by atoms with Gasteiger partial charge in [-0.25, -0.2) is 4.98 Å². The molecule has 0 bridgehead atoms. The number of amides is 2. The number of nitrogens with zero attached hydrogens (tertiary/aromatic N) is 2. The van der Waals surface area contributed by atoms with Crippen LogP contribution >= 0.6 is 0 Å². The highest BCUT2D eigenvalue weighted by molar-refractivity contribution is 5.85. The van der Waals surface area contributed by atoms with E-state index in [1.165, 1.54) is 0 Å². The fraction of sp³-hybridized carbons (Fsp3) is 0.550. The molecule has 26 heavy (non-hydrogen) atoms. The predicted molar refractivity (Wildman–Crippen MR) is 102 cm³/mol. The second kappa shape index (κ2) is 7.48. The SMILES string of the molecule is CC(C)(C)CC(=O)NCC(=O)N1CCC(c2nc3ccccc3[nH]2)CC1. The number of aromatic nitrogens is 2. The third-order valence-electron chi connectivity index (χ3n) is 4.77. The van der Waals surface area contributed by atoms with Crippen LogP contribution in [0.15, 0.2) is 24.3 Å². The lowest BCUT2D eigenvalue weighted by atomic mass is 9.92. The van der Waals surface area contributed by atoms with Crippen molar-refractivity contribution in [1.82, 2.24) is 20.2 Å². The Kier molecular flexibility index (Phi) is 5.30. The number of benzene rings is 1. The summed E-state index contributed by atoms with van der Waals surface area (Å²) in [4.78, 5) is 34.1. The van der Waals surface area contributed by atoms with E-state index in [-0.39, 0.29) is 23.8 Å². The van der Waals surface area contributed by atoms with Gasteiger partial charge in [0.15, 0.2) is 0 Å². The summed E-state index contributed by atoms with van der Waals surface area (Å²) >= 11 is 0. The molecule has 1 aromatic carbocycles. The molecule has 1 aliphatic heterocycles. The van der Waals surface area contributed by atoms with Gasteiger partial charge in [-0.2, -0.15) is 0 Å². The molecule has 3 rings (SSSR count). The van der Waals surface area contributed by atoms with Crippen LogP contribution in [0.5, 0.6) is 0 Å². The molecule has 2 aromatic rings. The third kappa shape index (κ3) is 4.62. The fourth-order valence-electron chi connectivity index (χ4n) is 3.40. The maximum atomic E-state index is 12.3. The molecule has 2 amide bonds. The van der Waals surface area contributed by atoms with E-state index in [2.05, 4.69) is 15.3 Å². The summed E-state index contributed by atoms with van der Waals surface area (Å²) in [5.74, 6) is 1.29. The van der Waals surface area contributed by atoms with E-state index in [0.29, 0.717) is 25.4 Å². The van der Waals surface area contributed by atoms with E-state index in [0.717, 1.165) is 29.7 Å². The normalized spacial score (nSPS) is 16.0. The molecule has 140 valence electrons. The molecule has 2 heterocycles. The third-order valence-corrected chi connectivity index (χ3v) is 4.77. The van der Waals surface area contributed by atoms with E-state index in [4.69, 9.17) is 0 Å². The first-order valence-electron chi connectivity index (χ1n) is 9.31. The number of para-hydroxylation sites is 2. The van der Waals surface area contributed by atoms with Crippen LogP contribution in [0.4, 0.5) is 0 Å². The van der Waals surface area contributed by atoms with Gasteiger partial charge in [0, 0.05) is 25.4 Å². The Balaban J connectivity index is 1.48. The van der Waals surface area contributed by atoms with Gasteiger partial charge in [0.2, 0.25) is 11.8 Å². The number of piperidine rings is 1. The van der Waals surface area contributed by atoms with Crippen molar-refractivity contribution in [2.75, 3.05) is 19.6 Å². The lowest BCUT2D eigenvalue weighted by molar-refractivity contribution is -0.134. The van der Waals surface area contributed by atoms with Crippen molar-refractivity contribution in [3.63, 3.8) is 0 Å². The van der Waals surface area contributed by atoms with Gasteiger partial charge in [-0.1, -0.05) is 32.9 Å². The van der Waals surface area contributed by atoms with Crippen LogP contribution < -0.4 is 5.32 Å². The maximum absolute atomic E-state index is 12.3.